The molecule has 4 nitrogen and oxygen atoms in total. The minimum Gasteiger partial charge on any atom is -0.304 e. The molecule has 0 saturated carbocycles. The summed E-state index contributed by atoms with van der Waals surface area (Å²) >= 11 is 0. The SMILES string of the molecule is C#CCN1C=CN2NC(c3ccc(F)cc3)CC2C1=O. The monoisotopic (exact) mass is 271 g/mol. The number of rotatable bonds is 2. The van der Waals surface area contributed by atoms with E-state index in [1.54, 1.807) is 23.3 Å². The maximum atomic E-state index is 12.9. The first-order chi connectivity index (χ1) is 9.69. The molecule has 1 aromatic rings. The lowest BCUT2D eigenvalue weighted by Gasteiger charge is -2.30. The Morgan fingerprint density at radius 2 is 2.10 bits per heavy atom. The van der Waals surface area contributed by atoms with Crippen LogP contribution in [0.15, 0.2) is 36.7 Å². The van der Waals surface area contributed by atoms with Gasteiger partial charge in [0, 0.05) is 12.4 Å². The van der Waals surface area contributed by atoms with Crippen LogP contribution < -0.4 is 5.43 Å². The van der Waals surface area contributed by atoms with E-state index in [1.165, 1.54) is 17.0 Å². The molecule has 2 heterocycles. The number of benzene rings is 1. The molecule has 2 unspecified atom stereocenters. The van der Waals surface area contributed by atoms with Gasteiger partial charge in [-0.1, -0.05) is 18.1 Å². The van der Waals surface area contributed by atoms with E-state index in [2.05, 4.69) is 11.3 Å². The van der Waals surface area contributed by atoms with Gasteiger partial charge in [-0.05, 0) is 24.1 Å². The van der Waals surface area contributed by atoms with Gasteiger partial charge in [0.1, 0.15) is 11.9 Å². The van der Waals surface area contributed by atoms with Gasteiger partial charge < -0.3 is 9.91 Å². The first-order valence-electron chi connectivity index (χ1n) is 6.41. The highest BCUT2D eigenvalue weighted by atomic mass is 19.1. The lowest BCUT2D eigenvalue weighted by atomic mass is 10.0. The van der Waals surface area contributed by atoms with Crippen molar-refractivity contribution >= 4 is 5.91 Å². The Balaban J connectivity index is 1.77. The number of fused-ring (bicyclic) bond motifs is 1. The second-order valence-corrected chi connectivity index (χ2v) is 4.86. The molecule has 2 atom stereocenters. The number of halogens is 1. The molecule has 20 heavy (non-hydrogen) atoms. The number of amides is 1. The number of nitrogens with one attached hydrogen (secondary N) is 1. The molecular formula is C15H14FN3O. The molecule has 1 aromatic carbocycles. The van der Waals surface area contributed by atoms with E-state index in [0.717, 1.165) is 5.56 Å². The van der Waals surface area contributed by atoms with Crippen LogP contribution in [0.5, 0.6) is 0 Å². The number of carbonyl (C=O) groups is 1. The maximum absolute atomic E-state index is 12.9. The van der Waals surface area contributed by atoms with Crippen LogP contribution in [0.1, 0.15) is 18.0 Å². The summed E-state index contributed by atoms with van der Waals surface area (Å²) < 4.78 is 12.9. The van der Waals surface area contributed by atoms with Crippen molar-refractivity contribution in [1.82, 2.24) is 15.3 Å². The summed E-state index contributed by atoms with van der Waals surface area (Å²) in [5, 5.41) is 1.80. The Kier molecular flexibility index (Phi) is 3.17. The smallest absolute Gasteiger partial charge is 0.251 e. The van der Waals surface area contributed by atoms with Crippen LogP contribution in [0.4, 0.5) is 4.39 Å². The fourth-order valence-electron chi connectivity index (χ4n) is 2.58. The van der Waals surface area contributed by atoms with Crippen LogP contribution in [0.25, 0.3) is 0 Å². The summed E-state index contributed by atoms with van der Waals surface area (Å²) in [5.74, 6) is 2.20. The first-order valence-corrected chi connectivity index (χ1v) is 6.41. The molecule has 1 N–H and O–H groups in total. The topological polar surface area (TPSA) is 35.6 Å². The predicted octanol–water partition coefficient (Wildman–Crippen LogP) is 1.39. The van der Waals surface area contributed by atoms with Crippen molar-refractivity contribution in [1.29, 1.82) is 0 Å². The quantitative estimate of drug-likeness (QED) is 0.826. The van der Waals surface area contributed by atoms with Gasteiger partial charge in [0.25, 0.3) is 5.91 Å². The molecule has 102 valence electrons. The fraction of sp³-hybridized carbons (Fsp3) is 0.267. The maximum Gasteiger partial charge on any atom is 0.251 e. The molecule has 1 fully saturated rings. The van der Waals surface area contributed by atoms with E-state index >= 15 is 0 Å². The normalized spacial score (nSPS) is 24.7. The van der Waals surface area contributed by atoms with Crippen molar-refractivity contribution < 1.29 is 9.18 Å². The lowest BCUT2D eigenvalue weighted by molar-refractivity contribution is -0.133. The molecule has 0 aliphatic carbocycles. The molecule has 1 saturated heterocycles. The number of hydrazine groups is 1. The number of nitrogens with zero attached hydrogens (tertiary/aromatic N) is 2. The highest BCUT2D eigenvalue weighted by Crippen LogP contribution is 2.30. The molecule has 2 aliphatic heterocycles. The molecule has 0 bridgehead atoms. The van der Waals surface area contributed by atoms with Crippen molar-refractivity contribution in [2.75, 3.05) is 6.54 Å². The van der Waals surface area contributed by atoms with Gasteiger partial charge in [-0.25, -0.2) is 9.82 Å². The Bertz CT molecular complexity index is 590. The molecular weight excluding hydrogens is 257 g/mol. The zero-order valence-electron chi connectivity index (χ0n) is 10.8. The standard InChI is InChI=1S/C15H14FN3O/c1-2-7-18-8-9-19-14(15(18)20)10-13(17-19)11-3-5-12(16)6-4-11/h1,3-6,8-9,13-14,17H,7,10H2. The van der Waals surface area contributed by atoms with E-state index in [9.17, 15) is 9.18 Å². The summed E-state index contributed by atoms with van der Waals surface area (Å²) in [6.07, 6.45) is 9.38. The zero-order chi connectivity index (χ0) is 14.1. The van der Waals surface area contributed by atoms with E-state index in [1.807, 2.05) is 6.20 Å². The van der Waals surface area contributed by atoms with Gasteiger partial charge in [0.2, 0.25) is 0 Å². The van der Waals surface area contributed by atoms with E-state index in [4.69, 9.17) is 6.42 Å². The molecule has 0 aromatic heterocycles. The molecule has 0 spiro atoms. The lowest BCUT2D eigenvalue weighted by Crippen LogP contribution is -2.48. The summed E-state index contributed by atoms with van der Waals surface area (Å²) in [4.78, 5) is 13.8. The Hall–Kier alpha value is -2.32. The zero-order valence-corrected chi connectivity index (χ0v) is 10.8. The van der Waals surface area contributed by atoms with Crippen molar-refractivity contribution in [3.63, 3.8) is 0 Å². The number of hydrogen-bond acceptors (Lipinski definition) is 3. The summed E-state index contributed by atoms with van der Waals surface area (Å²) in [6.45, 7) is 0.279. The van der Waals surface area contributed by atoms with Gasteiger partial charge >= 0.3 is 0 Å². The van der Waals surface area contributed by atoms with Crippen LogP contribution in [0.3, 0.4) is 0 Å². The minimum absolute atomic E-state index is 0.0000132. The molecule has 5 heteroatoms. The number of carbonyl (C=O) groups excluding carboxylic acids is 1. The van der Waals surface area contributed by atoms with Crippen LogP contribution >= 0.6 is 0 Å². The highest BCUT2D eigenvalue weighted by Gasteiger charge is 2.39. The van der Waals surface area contributed by atoms with Gasteiger partial charge in [-0.15, -0.1) is 6.42 Å². The second kappa shape index (κ2) is 4.99. The molecule has 3 rings (SSSR count). The second-order valence-electron chi connectivity index (χ2n) is 4.86. The summed E-state index contributed by atoms with van der Waals surface area (Å²) in [5.41, 5.74) is 4.21. The van der Waals surface area contributed by atoms with Crippen molar-refractivity contribution in [3.8, 4) is 12.3 Å². The Morgan fingerprint density at radius 3 is 2.80 bits per heavy atom. The van der Waals surface area contributed by atoms with Gasteiger partial charge in [0.05, 0.1) is 12.6 Å². The predicted molar refractivity (Wildman–Crippen MR) is 72.2 cm³/mol. The highest BCUT2D eigenvalue weighted by molar-refractivity contribution is 5.84. The van der Waals surface area contributed by atoms with Gasteiger partial charge in [-0.3, -0.25) is 4.79 Å². The van der Waals surface area contributed by atoms with E-state index in [-0.39, 0.29) is 30.4 Å². The van der Waals surface area contributed by atoms with Crippen LogP contribution in [-0.4, -0.2) is 28.4 Å². The van der Waals surface area contributed by atoms with E-state index < -0.39 is 0 Å². The van der Waals surface area contributed by atoms with Gasteiger partial charge in [-0.2, -0.15) is 0 Å². The number of hydrogen-bond donors (Lipinski definition) is 1. The van der Waals surface area contributed by atoms with Crippen LogP contribution in [-0.2, 0) is 4.79 Å². The average Bonchev–Trinajstić information content (AvgIpc) is 2.88. The van der Waals surface area contributed by atoms with Crippen molar-refractivity contribution in [3.05, 3.63) is 48.0 Å². The first kappa shape index (κ1) is 12.7. The third-order valence-electron chi connectivity index (χ3n) is 3.61. The molecule has 2 aliphatic rings. The minimum atomic E-state index is -0.263. The van der Waals surface area contributed by atoms with Crippen molar-refractivity contribution in [2.45, 2.75) is 18.5 Å². The van der Waals surface area contributed by atoms with Crippen LogP contribution in [0, 0.1) is 18.2 Å². The molecule has 1 amide bonds. The Morgan fingerprint density at radius 1 is 1.35 bits per heavy atom. The Labute approximate surface area is 116 Å². The van der Waals surface area contributed by atoms with Crippen LogP contribution in [0.2, 0.25) is 0 Å². The van der Waals surface area contributed by atoms with E-state index in [0.29, 0.717) is 6.42 Å². The average molecular weight is 271 g/mol. The fourth-order valence-corrected chi connectivity index (χ4v) is 2.58. The third kappa shape index (κ3) is 2.15. The summed E-state index contributed by atoms with van der Waals surface area (Å²) in [6, 6.07) is 6.06. The largest absolute Gasteiger partial charge is 0.304 e. The third-order valence-corrected chi connectivity index (χ3v) is 3.61. The number of terminal acetylenes is 1. The van der Waals surface area contributed by atoms with Crippen molar-refractivity contribution in [2.24, 2.45) is 0 Å². The summed E-state index contributed by atoms with van der Waals surface area (Å²) in [7, 11) is 0. The molecule has 0 radical (unpaired) electrons. The van der Waals surface area contributed by atoms with Gasteiger partial charge in [0.15, 0.2) is 0 Å².